The number of amides is 1. The zero-order chi connectivity index (χ0) is 16.1. The third-order valence-electron chi connectivity index (χ3n) is 3.49. The molecule has 0 aliphatic heterocycles. The second-order valence-corrected chi connectivity index (χ2v) is 5.63. The minimum atomic E-state index is -0.417. The first kappa shape index (κ1) is 16.0. The van der Waals surface area contributed by atoms with Gasteiger partial charge in [-0.15, -0.1) is 0 Å². The van der Waals surface area contributed by atoms with E-state index in [2.05, 4.69) is 15.2 Å². The fourth-order valence-corrected chi connectivity index (χ4v) is 2.26. The summed E-state index contributed by atoms with van der Waals surface area (Å²) in [5, 5.41) is 3.41. The molecule has 0 fully saturated rings. The smallest absolute Gasteiger partial charge is 0.248 e. The third-order valence-corrected chi connectivity index (χ3v) is 3.49. The minimum Gasteiger partial charge on any atom is -0.381 e. The van der Waals surface area contributed by atoms with E-state index in [1.165, 1.54) is 5.56 Å². The molecule has 0 saturated heterocycles. The molecule has 1 heterocycles. The van der Waals surface area contributed by atoms with Gasteiger partial charge in [0.05, 0.1) is 0 Å². The first-order valence-corrected chi connectivity index (χ1v) is 7.18. The highest BCUT2D eigenvalue weighted by Gasteiger charge is 2.08. The van der Waals surface area contributed by atoms with Gasteiger partial charge in [-0.25, -0.2) is 0 Å². The first-order chi connectivity index (χ1) is 10.5. The molecule has 0 spiro atoms. The molecular weight excluding hydrogens is 276 g/mol. The number of primary amides is 1. The molecule has 1 aromatic heterocycles. The van der Waals surface area contributed by atoms with Gasteiger partial charge in [0, 0.05) is 36.7 Å². The van der Waals surface area contributed by atoms with Crippen molar-refractivity contribution in [2.24, 2.45) is 5.73 Å². The number of nitrogens with two attached hydrogens (primary N) is 1. The Kier molecular flexibility index (Phi) is 5.12. The lowest BCUT2D eigenvalue weighted by atomic mass is 10.1. The maximum atomic E-state index is 11.4. The van der Waals surface area contributed by atoms with Crippen molar-refractivity contribution in [1.29, 1.82) is 0 Å². The lowest BCUT2D eigenvalue weighted by Gasteiger charge is -2.17. The van der Waals surface area contributed by atoms with Gasteiger partial charge in [0.1, 0.15) is 0 Å². The number of carbonyl (C=O) groups excluding carboxylic acids is 1. The van der Waals surface area contributed by atoms with E-state index in [1.807, 2.05) is 45.4 Å². The van der Waals surface area contributed by atoms with Crippen LogP contribution in [-0.2, 0) is 13.1 Å². The van der Waals surface area contributed by atoms with Crippen molar-refractivity contribution in [2.45, 2.75) is 20.0 Å². The topological polar surface area (TPSA) is 71.2 Å². The number of hydrogen-bond donors (Lipinski definition) is 2. The molecule has 0 aliphatic carbocycles. The molecule has 1 amide bonds. The monoisotopic (exact) mass is 298 g/mol. The summed E-state index contributed by atoms with van der Waals surface area (Å²) in [6.07, 6.45) is 3.63. The Bertz CT molecular complexity index is 667. The molecular formula is C17H22N4O. The summed E-state index contributed by atoms with van der Waals surface area (Å²) in [5.74, 6) is -0.417. The van der Waals surface area contributed by atoms with E-state index in [-0.39, 0.29) is 0 Å². The number of pyridine rings is 1. The van der Waals surface area contributed by atoms with E-state index >= 15 is 0 Å². The fraction of sp³-hybridized carbons (Fsp3) is 0.294. The molecule has 0 atom stereocenters. The van der Waals surface area contributed by atoms with Gasteiger partial charge in [-0.3, -0.25) is 9.78 Å². The fourth-order valence-electron chi connectivity index (χ4n) is 2.26. The number of aromatic nitrogens is 1. The summed E-state index contributed by atoms with van der Waals surface area (Å²) in [6, 6.07) is 7.52. The zero-order valence-corrected chi connectivity index (χ0v) is 13.3. The Morgan fingerprint density at radius 2 is 2.05 bits per heavy atom. The van der Waals surface area contributed by atoms with Gasteiger partial charge in [0.2, 0.25) is 5.91 Å². The van der Waals surface area contributed by atoms with Gasteiger partial charge < -0.3 is 16.0 Å². The van der Waals surface area contributed by atoms with E-state index in [0.717, 1.165) is 23.4 Å². The highest BCUT2D eigenvalue weighted by molar-refractivity contribution is 5.94. The van der Waals surface area contributed by atoms with Crippen LogP contribution in [0.15, 0.2) is 36.7 Å². The van der Waals surface area contributed by atoms with Crippen molar-refractivity contribution in [1.82, 2.24) is 9.88 Å². The molecule has 5 heteroatoms. The van der Waals surface area contributed by atoms with Crippen molar-refractivity contribution < 1.29 is 4.79 Å². The van der Waals surface area contributed by atoms with Gasteiger partial charge in [-0.05, 0) is 55.9 Å². The second-order valence-electron chi connectivity index (χ2n) is 5.63. The first-order valence-electron chi connectivity index (χ1n) is 7.18. The molecule has 0 saturated carbocycles. The minimum absolute atomic E-state index is 0.417. The highest BCUT2D eigenvalue weighted by atomic mass is 16.1. The maximum absolute atomic E-state index is 11.4. The summed E-state index contributed by atoms with van der Waals surface area (Å²) in [7, 11) is 4.03. The molecule has 22 heavy (non-hydrogen) atoms. The Balaban J connectivity index is 2.24. The summed E-state index contributed by atoms with van der Waals surface area (Å²) in [5.41, 5.74) is 10.3. The van der Waals surface area contributed by atoms with E-state index in [4.69, 9.17) is 5.73 Å². The zero-order valence-electron chi connectivity index (χ0n) is 13.3. The lowest BCUT2D eigenvalue weighted by molar-refractivity contribution is 0.100. The molecule has 3 N–H and O–H groups in total. The molecule has 0 aliphatic rings. The van der Waals surface area contributed by atoms with Gasteiger partial charge in [-0.2, -0.15) is 0 Å². The predicted octanol–water partition coefficient (Wildman–Crippen LogP) is 2.16. The molecule has 2 aromatic rings. The molecule has 0 unspecified atom stereocenters. The van der Waals surface area contributed by atoms with Crippen LogP contribution in [0.5, 0.6) is 0 Å². The Morgan fingerprint density at radius 3 is 2.68 bits per heavy atom. The summed E-state index contributed by atoms with van der Waals surface area (Å²) in [4.78, 5) is 17.6. The van der Waals surface area contributed by atoms with Crippen LogP contribution >= 0.6 is 0 Å². The van der Waals surface area contributed by atoms with Crippen LogP contribution in [0.25, 0.3) is 0 Å². The average molecular weight is 298 g/mol. The molecule has 116 valence electrons. The molecule has 5 nitrogen and oxygen atoms in total. The number of nitrogens with zero attached hydrogens (tertiary/aromatic N) is 2. The quantitative estimate of drug-likeness (QED) is 0.857. The van der Waals surface area contributed by atoms with Crippen molar-refractivity contribution in [3.63, 3.8) is 0 Å². The third kappa shape index (κ3) is 4.05. The summed E-state index contributed by atoms with van der Waals surface area (Å²) < 4.78 is 0. The van der Waals surface area contributed by atoms with E-state index in [9.17, 15) is 4.79 Å². The Hall–Kier alpha value is -2.40. The SMILES string of the molecule is Cc1cnccc1CNc1cc(C(N)=O)ccc1CN(C)C. The second kappa shape index (κ2) is 7.04. The normalized spacial score (nSPS) is 10.7. The number of aryl methyl sites for hydroxylation is 1. The number of anilines is 1. The Labute approximate surface area is 131 Å². The largest absolute Gasteiger partial charge is 0.381 e. The average Bonchev–Trinajstić information content (AvgIpc) is 2.47. The van der Waals surface area contributed by atoms with Crippen LogP contribution in [0, 0.1) is 6.92 Å². The number of carbonyl (C=O) groups is 1. The van der Waals surface area contributed by atoms with Gasteiger partial charge in [0.25, 0.3) is 0 Å². The van der Waals surface area contributed by atoms with E-state index in [0.29, 0.717) is 12.1 Å². The number of nitrogens with one attached hydrogen (secondary N) is 1. The molecule has 1 aromatic carbocycles. The molecule has 2 rings (SSSR count). The Morgan fingerprint density at radius 1 is 1.27 bits per heavy atom. The number of benzene rings is 1. The van der Waals surface area contributed by atoms with E-state index in [1.54, 1.807) is 12.3 Å². The van der Waals surface area contributed by atoms with Crippen molar-refractivity contribution in [3.05, 3.63) is 58.9 Å². The van der Waals surface area contributed by atoms with Crippen LogP contribution in [0.1, 0.15) is 27.0 Å². The predicted molar refractivity (Wildman–Crippen MR) is 88.7 cm³/mol. The van der Waals surface area contributed by atoms with Crippen LogP contribution in [0.3, 0.4) is 0 Å². The summed E-state index contributed by atoms with van der Waals surface area (Å²) in [6.45, 7) is 3.50. The van der Waals surface area contributed by atoms with Crippen LogP contribution in [0.4, 0.5) is 5.69 Å². The number of rotatable bonds is 6. The van der Waals surface area contributed by atoms with Crippen LogP contribution in [-0.4, -0.2) is 29.9 Å². The van der Waals surface area contributed by atoms with Crippen LogP contribution < -0.4 is 11.1 Å². The lowest BCUT2D eigenvalue weighted by Crippen LogP contribution is -2.15. The summed E-state index contributed by atoms with van der Waals surface area (Å²) >= 11 is 0. The molecule has 0 bridgehead atoms. The standard InChI is InChI=1S/C17H22N4O/c1-12-9-19-7-6-14(12)10-20-16-8-13(17(18)22)4-5-15(16)11-21(2)3/h4-9,20H,10-11H2,1-3H3,(H2,18,22). The van der Waals surface area contributed by atoms with Crippen molar-refractivity contribution >= 4 is 11.6 Å². The number of hydrogen-bond acceptors (Lipinski definition) is 4. The molecule has 0 radical (unpaired) electrons. The van der Waals surface area contributed by atoms with Gasteiger partial charge in [-0.1, -0.05) is 6.07 Å². The van der Waals surface area contributed by atoms with Crippen LogP contribution in [0.2, 0.25) is 0 Å². The van der Waals surface area contributed by atoms with Gasteiger partial charge >= 0.3 is 0 Å². The van der Waals surface area contributed by atoms with Gasteiger partial charge in [0.15, 0.2) is 0 Å². The highest BCUT2D eigenvalue weighted by Crippen LogP contribution is 2.20. The van der Waals surface area contributed by atoms with Crippen molar-refractivity contribution in [2.75, 3.05) is 19.4 Å². The maximum Gasteiger partial charge on any atom is 0.248 e. The van der Waals surface area contributed by atoms with Crippen molar-refractivity contribution in [3.8, 4) is 0 Å². The van der Waals surface area contributed by atoms with E-state index < -0.39 is 5.91 Å².